The summed E-state index contributed by atoms with van der Waals surface area (Å²) in [6.45, 7) is 10.1. The van der Waals surface area contributed by atoms with Gasteiger partial charge >= 0.3 is 0 Å². The van der Waals surface area contributed by atoms with Crippen molar-refractivity contribution >= 4 is 11.8 Å². The van der Waals surface area contributed by atoms with Crippen LogP contribution in [0.5, 0.6) is 0 Å². The highest BCUT2D eigenvalue weighted by Crippen LogP contribution is 2.23. The summed E-state index contributed by atoms with van der Waals surface area (Å²) in [5, 5.41) is 0. The summed E-state index contributed by atoms with van der Waals surface area (Å²) in [6, 6.07) is -0.322. The van der Waals surface area contributed by atoms with Crippen molar-refractivity contribution in [3.63, 3.8) is 0 Å². The van der Waals surface area contributed by atoms with Gasteiger partial charge in [-0.05, 0) is 18.8 Å². The maximum Gasteiger partial charge on any atom is 0.214 e. The number of ether oxygens (including phenoxy) is 2. The molecule has 112 valence electrons. The zero-order valence-electron chi connectivity index (χ0n) is 13.3. The highest BCUT2D eigenvalue weighted by atomic mass is 16.5. The second-order valence-corrected chi connectivity index (χ2v) is 5.24. The number of hydrogen-bond acceptors (Lipinski definition) is 4. The normalized spacial score (nSPS) is 21.9. The van der Waals surface area contributed by atoms with Gasteiger partial charge in [-0.25, -0.2) is 9.98 Å². The van der Waals surface area contributed by atoms with Gasteiger partial charge in [0.2, 0.25) is 11.8 Å². The van der Waals surface area contributed by atoms with E-state index in [2.05, 4.69) is 43.1 Å². The standard InChI is InChI=1S/C16H26N2O2/c1-7-9-10-12(8-2)14-16(20-6)17-13(11(3)4)15(18-14)19-5/h11,13-14H,2,7,9-10H2,1,3-6H3/t13-,14+/m0/s1. The predicted molar refractivity (Wildman–Crippen MR) is 83.5 cm³/mol. The van der Waals surface area contributed by atoms with E-state index in [1.54, 1.807) is 14.2 Å². The molecule has 1 heterocycles. The van der Waals surface area contributed by atoms with Crippen molar-refractivity contribution in [2.75, 3.05) is 14.2 Å². The zero-order chi connectivity index (χ0) is 15.1. The first-order valence-electron chi connectivity index (χ1n) is 7.21. The Labute approximate surface area is 122 Å². The van der Waals surface area contributed by atoms with Crippen LogP contribution in [0, 0.1) is 5.92 Å². The number of aliphatic imine (C=N–C) groups is 2. The molecule has 0 amide bonds. The molecule has 1 aliphatic rings. The first kappa shape index (κ1) is 16.5. The number of nitrogens with zero attached hydrogens (tertiary/aromatic N) is 2. The molecule has 0 radical (unpaired) electrons. The lowest BCUT2D eigenvalue weighted by Gasteiger charge is -2.27. The molecule has 0 N–H and O–H groups in total. The molecule has 0 aliphatic carbocycles. The predicted octanol–water partition coefficient (Wildman–Crippen LogP) is 3.38. The van der Waals surface area contributed by atoms with E-state index in [4.69, 9.17) is 9.47 Å². The van der Waals surface area contributed by atoms with Gasteiger partial charge in [-0.3, -0.25) is 0 Å². The molecule has 0 fully saturated rings. The quantitative estimate of drug-likeness (QED) is 0.723. The molecule has 0 aromatic carbocycles. The van der Waals surface area contributed by atoms with Gasteiger partial charge in [0.25, 0.3) is 0 Å². The van der Waals surface area contributed by atoms with E-state index in [1.165, 1.54) is 0 Å². The van der Waals surface area contributed by atoms with Gasteiger partial charge in [-0.15, -0.1) is 5.73 Å². The third kappa shape index (κ3) is 3.73. The molecule has 4 heteroatoms. The Hall–Kier alpha value is -1.54. The third-order valence-corrected chi connectivity index (χ3v) is 3.42. The summed E-state index contributed by atoms with van der Waals surface area (Å²) < 4.78 is 10.9. The molecule has 0 saturated heterocycles. The topological polar surface area (TPSA) is 43.2 Å². The van der Waals surface area contributed by atoms with Gasteiger partial charge in [-0.2, -0.15) is 0 Å². The van der Waals surface area contributed by atoms with Gasteiger partial charge in [0, 0.05) is 5.57 Å². The summed E-state index contributed by atoms with van der Waals surface area (Å²) in [7, 11) is 3.28. The molecule has 0 aromatic heterocycles. The minimum Gasteiger partial charge on any atom is -0.483 e. The highest BCUT2D eigenvalue weighted by molar-refractivity contribution is 5.95. The van der Waals surface area contributed by atoms with Gasteiger partial charge in [0.15, 0.2) is 6.04 Å². The molecule has 0 unspecified atom stereocenters. The van der Waals surface area contributed by atoms with Gasteiger partial charge in [0.1, 0.15) is 6.04 Å². The maximum atomic E-state index is 5.44. The second-order valence-electron chi connectivity index (χ2n) is 5.24. The van der Waals surface area contributed by atoms with Crippen LogP contribution in [0.25, 0.3) is 0 Å². The fourth-order valence-corrected chi connectivity index (χ4v) is 2.21. The lowest BCUT2D eigenvalue weighted by atomic mass is 9.98. The smallest absolute Gasteiger partial charge is 0.214 e. The van der Waals surface area contributed by atoms with Crippen LogP contribution in [0.2, 0.25) is 0 Å². The van der Waals surface area contributed by atoms with Gasteiger partial charge in [-0.1, -0.05) is 33.8 Å². The minimum atomic E-state index is -0.242. The molecule has 1 rings (SSSR count). The summed E-state index contributed by atoms with van der Waals surface area (Å²) in [4.78, 5) is 9.34. The monoisotopic (exact) mass is 278 g/mol. The first-order valence-corrected chi connectivity index (χ1v) is 7.21. The fraction of sp³-hybridized carbons (Fsp3) is 0.688. The number of methoxy groups -OCH3 is 2. The lowest BCUT2D eigenvalue weighted by Crippen LogP contribution is -2.38. The minimum absolute atomic E-state index is 0.0801. The van der Waals surface area contributed by atoms with E-state index in [0.29, 0.717) is 17.7 Å². The van der Waals surface area contributed by atoms with Crippen LogP contribution in [0.3, 0.4) is 0 Å². The highest BCUT2D eigenvalue weighted by Gasteiger charge is 2.32. The van der Waals surface area contributed by atoms with Crippen molar-refractivity contribution in [1.82, 2.24) is 0 Å². The summed E-state index contributed by atoms with van der Waals surface area (Å²) >= 11 is 0. The molecular weight excluding hydrogens is 252 g/mol. The summed E-state index contributed by atoms with van der Waals surface area (Å²) in [6.07, 6.45) is 3.10. The summed E-state index contributed by atoms with van der Waals surface area (Å²) in [5.41, 5.74) is 4.02. The van der Waals surface area contributed by atoms with Crippen LogP contribution < -0.4 is 0 Å². The Morgan fingerprint density at radius 2 is 1.90 bits per heavy atom. The Balaban J connectivity index is 3.09. The van der Waals surface area contributed by atoms with Crippen molar-refractivity contribution in [2.45, 2.75) is 52.1 Å². The molecule has 20 heavy (non-hydrogen) atoms. The maximum absolute atomic E-state index is 5.44. The van der Waals surface area contributed by atoms with Crippen LogP contribution in [-0.2, 0) is 9.47 Å². The zero-order valence-corrected chi connectivity index (χ0v) is 13.3. The van der Waals surface area contributed by atoms with E-state index in [1.807, 2.05) is 0 Å². The van der Waals surface area contributed by atoms with E-state index in [-0.39, 0.29) is 12.1 Å². The van der Waals surface area contributed by atoms with Crippen molar-refractivity contribution in [1.29, 1.82) is 0 Å². The van der Waals surface area contributed by atoms with Crippen LogP contribution in [0.15, 0.2) is 27.9 Å². The van der Waals surface area contributed by atoms with Crippen LogP contribution in [-0.4, -0.2) is 38.1 Å². The van der Waals surface area contributed by atoms with Crippen LogP contribution in [0.1, 0.15) is 40.0 Å². The van der Waals surface area contributed by atoms with Crippen molar-refractivity contribution in [3.05, 3.63) is 17.9 Å². The fourth-order valence-electron chi connectivity index (χ4n) is 2.21. The number of unbranched alkanes of at least 4 members (excludes halogenated alkanes) is 1. The first-order chi connectivity index (χ1) is 9.58. The van der Waals surface area contributed by atoms with Crippen LogP contribution >= 0.6 is 0 Å². The van der Waals surface area contributed by atoms with Crippen molar-refractivity contribution < 1.29 is 9.47 Å². The number of hydrogen-bond donors (Lipinski definition) is 0. The Morgan fingerprint density at radius 3 is 2.35 bits per heavy atom. The van der Waals surface area contributed by atoms with E-state index in [0.717, 1.165) is 24.8 Å². The summed E-state index contributed by atoms with van der Waals surface area (Å²) in [5.74, 6) is 1.61. The Bertz CT molecular complexity index is 432. The molecule has 0 spiro atoms. The Morgan fingerprint density at radius 1 is 1.25 bits per heavy atom. The molecule has 4 nitrogen and oxygen atoms in total. The average Bonchev–Trinajstić information content (AvgIpc) is 2.46. The SMILES string of the molecule is C=C=C(CCCC)[C@H]1N=C(OC)[C@H](C(C)C)N=C1OC. The van der Waals surface area contributed by atoms with Crippen LogP contribution in [0.4, 0.5) is 0 Å². The van der Waals surface area contributed by atoms with E-state index in [9.17, 15) is 0 Å². The molecular formula is C16H26N2O2. The molecule has 0 saturated carbocycles. The van der Waals surface area contributed by atoms with Gasteiger partial charge in [0.05, 0.1) is 14.2 Å². The second kappa shape index (κ2) is 7.91. The van der Waals surface area contributed by atoms with E-state index >= 15 is 0 Å². The number of rotatable bonds is 5. The third-order valence-electron chi connectivity index (χ3n) is 3.42. The van der Waals surface area contributed by atoms with E-state index < -0.39 is 0 Å². The average molecular weight is 278 g/mol. The molecule has 2 atom stereocenters. The lowest BCUT2D eigenvalue weighted by molar-refractivity contribution is 0.336. The molecule has 1 aliphatic heterocycles. The largest absolute Gasteiger partial charge is 0.483 e. The Kier molecular flexibility index (Phi) is 6.53. The van der Waals surface area contributed by atoms with Crippen molar-refractivity contribution in [2.24, 2.45) is 15.9 Å². The molecule has 0 bridgehead atoms. The van der Waals surface area contributed by atoms with Gasteiger partial charge < -0.3 is 9.47 Å². The van der Waals surface area contributed by atoms with Crippen molar-refractivity contribution in [3.8, 4) is 0 Å². The molecule has 0 aromatic rings.